The molecule has 0 radical (unpaired) electrons. The lowest BCUT2D eigenvalue weighted by atomic mass is 10.0. The van der Waals surface area contributed by atoms with E-state index in [4.69, 9.17) is 17.7 Å². The largest absolute Gasteiger partial charge is 0.500 e. The van der Waals surface area contributed by atoms with Gasteiger partial charge in [0, 0.05) is 33.0 Å². The molecule has 0 spiro atoms. The van der Waals surface area contributed by atoms with Gasteiger partial charge in [-0.3, -0.25) is 0 Å². The smallest absolute Gasteiger partial charge is 0.417 e. The van der Waals surface area contributed by atoms with Crippen molar-refractivity contribution in [2.24, 2.45) is 0 Å². The van der Waals surface area contributed by atoms with Gasteiger partial charge in [0.25, 0.3) is 0 Å². The Labute approximate surface area is 209 Å². The number of rotatable bonds is 17. The van der Waals surface area contributed by atoms with E-state index in [1.807, 2.05) is 0 Å². The highest BCUT2D eigenvalue weighted by atomic mass is 28.4. The van der Waals surface area contributed by atoms with Crippen molar-refractivity contribution in [1.82, 2.24) is 0 Å². The first-order chi connectivity index (χ1) is 16.0. The Bertz CT molecular complexity index is 420. The zero-order valence-electron chi connectivity index (χ0n) is 22.9. The first-order valence-electron chi connectivity index (χ1n) is 14.5. The molecular formula is C27H58O4Si2. The molecule has 2 saturated heterocycles. The van der Waals surface area contributed by atoms with Gasteiger partial charge in [-0.25, -0.2) is 0 Å². The van der Waals surface area contributed by atoms with Gasteiger partial charge < -0.3 is 17.7 Å². The number of hydrogen-bond donors (Lipinski definition) is 0. The molecule has 1 unspecified atom stereocenters. The summed E-state index contributed by atoms with van der Waals surface area (Å²) in [6, 6.07) is 2.37. The fourth-order valence-corrected chi connectivity index (χ4v) is 9.02. The summed E-state index contributed by atoms with van der Waals surface area (Å²) in [5, 5.41) is 0. The van der Waals surface area contributed by atoms with Gasteiger partial charge in [-0.05, 0) is 44.8 Å². The van der Waals surface area contributed by atoms with Crippen LogP contribution < -0.4 is 0 Å². The third-order valence-electron chi connectivity index (χ3n) is 7.00. The van der Waals surface area contributed by atoms with Crippen LogP contribution in [-0.2, 0) is 17.7 Å². The van der Waals surface area contributed by atoms with Crippen molar-refractivity contribution < 1.29 is 17.7 Å². The molecule has 2 rings (SSSR count). The van der Waals surface area contributed by atoms with Crippen molar-refractivity contribution in [2.75, 3.05) is 26.9 Å². The highest BCUT2D eigenvalue weighted by Gasteiger charge is 2.41. The Morgan fingerprint density at radius 2 is 1.09 bits per heavy atom. The molecule has 2 aliphatic rings. The second kappa shape index (κ2) is 20.5. The van der Waals surface area contributed by atoms with Gasteiger partial charge >= 0.3 is 8.80 Å². The van der Waals surface area contributed by atoms with E-state index in [0.717, 1.165) is 38.7 Å². The molecule has 0 aromatic rings. The maximum Gasteiger partial charge on any atom is 0.500 e. The van der Waals surface area contributed by atoms with Crippen molar-refractivity contribution in [3.05, 3.63) is 0 Å². The van der Waals surface area contributed by atoms with E-state index in [-0.39, 0.29) is 0 Å². The molecule has 0 aromatic heterocycles. The van der Waals surface area contributed by atoms with Crippen LogP contribution >= 0.6 is 0 Å². The quantitative estimate of drug-likeness (QED) is 0.147. The molecule has 0 amide bonds. The normalized spacial score (nSPS) is 22.5. The van der Waals surface area contributed by atoms with Crippen molar-refractivity contribution in [2.45, 2.75) is 148 Å². The lowest BCUT2D eigenvalue weighted by molar-refractivity contribution is 0.0616. The van der Waals surface area contributed by atoms with Crippen LogP contribution in [0, 0.1) is 0 Å². The average molecular weight is 503 g/mol. The predicted molar refractivity (Wildman–Crippen MR) is 146 cm³/mol. The molecule has 2 fully saturated rings. The fourth-order valence-electron chi connectivity index (χ4n) is 4.67. The van der Waals surface area contributed by atoms with E-state index in [0.29, 0.717) is 0 Å². The summed E-state index contributed by atoms with van der Waals surface area (Å²) in [6.45, 7) is 9.55. The summed E-state index contributed by atoms with van der Waals surface area (Å²) < 4.78 is 23.0. The van der Waals surface area contributed by atoms with Crippen molar-refractivity contribution in [3.8, 4) is 0 Å². The second-order valence-corrected chi connectivity index (χ2v) is 17.9. The minimum absolute atomic E-state index is 0.818. The topological polar surface area (TPSA) is 36.9 Å². The lowest BCUT2D eigenvalue weighted by Gasteiger charge is -2.31. The summed E-state index contributed by atoms with van der Waals surface area (Å²) in [6.07, 6.45) is 24.5. The number of hydrogen-bond acceptors (Lipinski definition) is 4. The highest BCUT2D eigenvalue weighted by molar-refractivity contribution is 6.71. The third-order valence-corrected chi connectivity index (χ3v) is 12.4. The molecule has 0 aromatic carbocycles. The summed E-state index contributed by atoms with van der Waals surface area (Å²) >= 11 is 0. The molecule has 4 nitrogen and oxygen atoms in total. The van der Waals surface area contributed by atoms with Crippen LogP contribution in [0.25, 0.3) is 0 Å². The Balaban J connectivity index is 0.000000568. The molecule has 0 N–H and O–H groups in total. The van der Waals surface area contributed by atoms with Gasteiger partial charge in [-0.1, -0.05) is 96.8 Å². The van der Waals surface area contributed by atoms with Gasteiger partial charge in [-0.2, -0.15) is 0 Å². The fraction of sp³-hybridized carbons (Fsp3) is 1.00. The molecule has 6 heteroatoms. The van der Waals surface area contributed by atoms with E-state index in [2.05, 4.69) is 20.0 Å². The molecular weight excluding hydrogens is 444 g/mol. The van der Waals surface area contributed by atoms with Gasteiger partial charge in [0.2, 0.25) is 0 Å². The van der Waals surface area contributed by atoms with Crippen molar-refractivity contribution in [3.63, 3.8) is 0 Å². The maximum atomic E-state index is 6.02. The first-order valence-corrected chi connectivity index (χ1v) is 19.6. The van der Waals surface area contributed by atoms with Crippen LogP contribution in [0.3, 0.4) is 0 Å². The van der Waals surface area contributed by atoms with Crippen molar-refractivity contribution >= 4 is 17.1 Å². The minimum Gasteiger partial charge on any atom is -0.417 e. The van der Waals surface area contributed by atoms with E-state index >= 15 is 0 Å². The second-order valence-electron chi connectivity index (χ2n) is 10.7. The zero-order chi connectivity index (χ0) is 24.1. The van der Waals surface area contributed by atoms with Crippen LogP contribution in [0.1, 0.15) is 122 Å². The first kappa shape index (κ1) is 31.3. The molecule has 0 bridgehead atoms. The molecule has 33 heavy (non-hydrogen) atoms. The Hall–Kier alpha value is 0.274. The molecule has 0 saturated carbocycles. The van der Waals surface area contributed by atoms with Crippen LogP contribution in [0.15, 0.2) is 0 Å². The maximum absolute atomic E-state index is 6.02. The Morgan fingerprint density at radius 3 is 1.45 bits per heavy atom. The molecule has 2 heterocycles. The lowest BCUT2D eigenvalue weighted by Crippen LogP contribution is -2.47. The van der Waals surface area contributed by atoms with Crippen LogP contribution in [0.4, 0.5) is 0 Å². The van der Waals surface area contributed by atoms with E-state index in [9.17, 15) is 0 Å². The Morgan fingerprint density at radius 1 is 0.606 bits per heavy atom. The van der Waals surface area contributed by atoms with Crippen molar-refractivity contribution in [1.29, 1.82) is 0 Å². The minimum atomic E-state index is -2.26. The van der Waals surface area contributed by atoms with Crippen LogP contribution in [0.5, 0.6) is 0 Å². The van der Waals surface area contributed by atoms with E-state index < -0.39 is 17.1 Å². The molecule has 2 aliphatic heterocycles. The molecule has 0 aliphatic carbocycles. The van der Waals surface area contributed by atoms with Gasteiger partial charge in [-0.15, -0.1) is 0 Å². The standard InChI is InChI=1S/C21H44O3Si.C6H14OSi/c1-3-4-5-6-7-8-9-10-11-12-13-14-15-16-19-23-25(22-2)21-18-17-20-24-25;1-8(2)6-4-3-5-7-8/h3-21H2,1-2H3;3-6H2,1-2H3. The SMILES string of the molecule is CCCCCCCCCCCCCCCCO[Si]1(OC)CCCCO1.C[Si]1(C)CCCCO1. The number of unbranched alkanes of at least 4 members (excludes halogenated alkanes) is 13. The summed E-state index contributed by atoms with van der Waals surface area (Å²) in [5.41, 5.74) is 0. The highest BCUT2D eigenvalue weighted by Crippen LogP contribution is 2.24. The molecule has 1 atom stereocenters. The molecule has 198 valence electrons. The Kier molecular flexibility index (Phi) is 19.4. The summed E-state index contributed by atoms with van der Waals surface area (Å²) in [4.78, 5) is 0. The van der Waals surface area contributed by atoms with Crippen LogP contribution in [0.2, 0.25) is 25.2 Å². The van der Waals surface area contributed by atoms with Gasteiger partial charge in [0.05, 0.1) is 0 Å². The zero-order valence-corrected chi connectivity index (χ0v) is 24.9. The van der Waals surface area contributed by atoms with Gasteiger partial charge in [0.15, 0.2) is 8.32 Å². The van der Waals surface area contributed by atoms with Crippen LogP contribution in [-0.4, -0.2) is 44.1 Å². The average Bonchev–Trinajstić information content (AvgIpc) is 2.82. The van der Waals surface area contributed by atoms with E-state index in [1.54, 1.807) is 7.11 Å². The summed E-state index contributed by atoms with van der Waals surface area (Å²) in [7, 11) is -1.60. The predicted octanol–water partition coefficient (Wildman–Crippen LogP) is 8.88. The summed E-state index contributed by atoms with van der Waals surface area (Å²) in [5.74, 6) is 0. The monoisotopic (exact) mass is 502 g/mol. The van der Waals surface area contributed by atoms with Gasteiger partial charge in [0.1, 0.15) is 0 Å². The van der Waals surface area contributed by atoms with E-state index in [1.165, 1.54) is 109 Å². The third kappa shape index (κ3) is 17.4.